The molecule has 0 saturated heterocycles. The first kappa shape index (κ1) is 23.4. The van der Waals surface area contributed by atoms with E-state index in [2.05, 4.69) is 10.3 Å². The maximum Gasteiger partial charge on any atom is 0.253 e. The number of ether oxygens (including phenoxy) is 1. The molecule has 0 unspecified atom stereocenters. The molecule has 0 spiro atoms. The summed E-state index contributed by atoms with van der Waals surface area (Å²) in [7, 11) is 1.61. The predicted octanol–water partition coefficient (Wildman–Crippen LogP) is 5.69. The van der Waals surface area contributed by atoms with Gasteiger partial charge >= 0.3 is 0 Å². The fourth-order valence-corrected chi connectivity index (χ4v) is 4.07. The summed E-state index contributed by atoms with van der Waals surface area (Å²) in [5.74, 6) is 0.444. The fourth-order valence-electron chi connectivity index (χ4n) is 3.83. The quantitative estimate of drug-likeness (QED) is 0.351. The van der Waals surface area contributed by atoms with Crippen molar-refractivity contribution >= 4 is 33.9 Å². The highest BCUT2D eigenvalue weighted by Gasteiger charge is 2.16. The summed E-state index contributed by atoms with van der Waals surface area (Å²) >= 11 is 5.73. The third kappa shape index (κ3) is 5.26. The van der Waals surface area contributed by atoms with E-state index >= 15 is 0 Å². The Hall–Kier alpha value is -3.71. The van der Waals surface area contributed by atoms with Crippen LogP contribution in [-0.4, -0.2) is 22.1 Å². The Bertz CT molecular complexity index is 1380. The average Bonchev–Trinajstić information content (AvgIpc) is 2.83. The maximum absolute atomic E-state index is 13.4. The predicted molar refractivity (Wildman–Crippen MR) is 139 cm³/mol. The number of anilines is 1. The highest BCUT2D eigenvalue weighted by Crippen LogP contribution is 2.21. The van der Waals surface area contributed by atoms with Crippen LogP contribution in [0.3, 0.4) is 0 Å². The number of fused-ring (bicyclic) bond motifs is 1. The van der Waals surface area contributed by atoms with Crippen molar-refractivity contribution in [2.75, 3.05) is 12.4 Å². The number of nitrogens with one attached hydrogen (secondary N) is 2. The van der Waals surface area contributed by atoms with Crippen molar-refractivity contribution in [1.82, 2.24) is 9.88 Å². The Morgan fingerprint density at radius 2 is 1.68 bits per heavy atom. The van der Waals surface area contributed by atoms with E-state index in [1.807, 2.05) is 61.2 Å². The van der Waals surface area contributed by atoms with E-state index in [4.69, 9.17) is 17.0 Å². The molecule has 5 nitrogen and oxygen atoms in total. The lowest BCUT2D eigenvalue weighted by molar-refractivity contribution is 0.410. The molecule has 0 fully saturated rings. The van der Waals surface area contributed by atoms with Gasteiger partial charge in [0.2, 0.25) is 0 Å². The molecule has 7 heteroatoms. The lowest BCUT2D eigenvalue weighted by atomic mass is 10.0. The van der Waals surface area contributed by atoms with E-state index in [9.17, 15) is 9.18 Å². The van der Waals surface area contributed by atoms with Gasteiger partial charge in [-0.2, -0.15) is 0 Å². The van der Waals surface area contributed by atoms with Gasteiger partial charge in [-0.05, 0) is 85.2 Å². The number of aryl methyl sites for hydroxylation is 2. The molecule has 1 heterocycles. The van der Waals surface area contributed by atoms with Gasteiger partial charge in [0.05, 0.1) is 19.2 Å². The van der Waals surface area contributed by atoms with Crippen LogP contribution in [0.1, 0.15) is 22.3 Å². The lowest BCUT2D eigenvalue weighted by Gasteiger charge is -2.26. The average molecular weight is 476 g/mol. The van der Waals surface area contributed by atoms with Crippen LogP contribution in [0.5, 0.6) is 5.75 Å². The van der Waals surface area contributed by atoms with E-state index in [-0.39, 0.29) is 17.9 Å². The third-order valence-electron chi connectivity index (χ3n) is 5.80. The molecule has 3 aromatic carbocycles. The Balaban J connectivity index is 1.66. The second kappa shape index (κ2) is 10.1. The lowest BCUT2D eigenvalue weighted by Crippen LogP contribution is -2.35. The van der Waals surface area contributed by atoms with Crippen LogP contribution in [0.4, 0.5) is 10.1 Å². The van der Waals surface area contributed by atoms with Gasteiger partial charge in [0.1, 0.15) is 11.6 Å². The van der Waals surface area contributed by atoms with E-state index < -0.39 is 0 Å². The molecule has 0 saturated carbocycles. The number of hydrogen-bond donors (Lipinski definition) is 2. The smallest absolute Gasteiger partial charge is 0.253 e. The number of aromatic nitrogens is 1. The number of nitrogens with zero attached hydrogens (tertiary/aromatic N) is 1. The minimum Gasteiger partial charge on any atom is -0.497 e. The first-order valence-electron chi connectivity index (χ1n) is 10.9. The molecule has 0 aliphatic carbocycles. The molecule has 174 valence electrons. The summed E-state index contributed by atoms with van der Waals surface area (Å²) in [4.78, 5) is 17.9. The standard InChI is InChI=1S/C27H26FN3O2S/c1-17-4-5-18(2)25-24(17)14-20(26(32)30-25)16-31(15-19-6-8-21(28)9-7-19)27(34)29-22-10-12-23(33-3)13-11-22/h4-14H,15-16H2,1-3H3,(H,29,34)(H,30,32). The molecular weight excluding hydrogens is 449 g/mol. The highest BCUT2D eigenvalue weighted by atomic mass is 32.1. The van der Waals surface area contributed by atoms with Gasteiger partial charge in [0.25, 0.3) is 5.56 Å². The molecular formula is C27H26FN3O2S. The van der Waals surface area contributed by atoms with E-state index in [1.165, 1.54) is 12.1 Å². The van der Waals surface area contributed by atoms with Crippen LogP contribution in [0.2, 0.25) is 0 Å². The zero-order valence-electron chi connectivity index (χ0n) is 19.3. The number of methoxy groups -OCH3 is 1. The van der Waals surface area contributed by atoms with Crippen LogP contribution in [-0.2, 0) is 13.1 Å². The molecule has 1 aromatic heterocycles. The summed E-state index contributed by atoms with van der Waals surface area (Å²) in [6.45, 7) is 4.70. The van der Waals surface area contributed by atoms with Crippen molar-refractivity contribution in [3.63, 3.8) is 0 Å². The summed E-state index contributed by atoms with van der Waals surface area (Å²) in [5.41, 5.74) is 5.07. The molecule has 0 amide bonds. The molecule has 0 bridgehead atoms. The minimum atomic E-state index is -0.300. The number of halogens is 1. The van der Waals surface area contributed by atoms with Gasteiger partial charge in [0.15, 0.2) is 5.11 Å². The number of H-pyrrole nitrogens is 1. The summed E-state index contributed by atoms with van der Waals surface area (Å²) < 4.78 is 18.7. The van der Waals surface area contributed by atoms with Crippen LogP contribution in [0, 0.1) is 19.7 Å². The van der Waals surface area contributed by atoms with Crippen molar-refractivity contribution in [3.8, 4) is 5.75 Å². The van der Waals surface area contributed by atoms with Crippen LogP contribution in [0.25, 0.3) is 10.9 Å². The Labute approximate surface area is 203 Å². The molecule has 0 aliphatic rings. The second-order valence-electron chi connectivity index (χ2n) is 8.25. The molecule has 2 N–H and O–H groups in total. The van der Waals surface area contributed by atoms with Gasteiger partial charge in [0, 0.05) is 23.2 Å². The zero-order chi connectivity index (χ0) is 24.2. The summed E-state index contributed by atoms with van der Waals surface area (Å²) in [6.07, 6.45) is 0. The van der Waals surface area contributed by atoms with Crippen LogP contribution < -0.4 is 15.6 Å². The SMILES string of the molecule is COc1ccc(NC(=S)N(Cc2ccc(F)cc2)Cc2cc3c(C)ccc(C)c3[nH]c2=O)cc1. The monoisotopic (exact) mass is 475 g/mol. The molecule has 4 rings (SSSR count). The van der Waals surface area contributed by atoms with Gasteiger partial charge in [-0.1, -0.05) is 24.3 Å². The Morgan fingerprint density at radius 1 is 1.00 bits per heavy atom. The summed E-state index contributed by atoms with van der Waals surface area (Å²) in [6, 6.07) is 19.7. The van der Waals surface area contributed by atoms with Gasteiger partial charge < -0.3 is 19.9 Å². The maximum atomic E-state index is 13.4. The fraction of sp³-hybridized carbons (Fsp3) is 0.185. The molecule has 34 heavy (non-hydrogen) atoms. The number of aromatic amines is 1. The molecule has 4 aromatic rings. The third-order valence-corrected chi connectivity index (χ3v) is 6.16. The Kier molecular flexibility index (Phi) is 6.93. The number of pyridine rings is 1. The van der Waals surface area contributed by atoms with Crippen LogP contribution in [0.15, 0.2) is 71.5 Å². The topological polar surface area (TPSA) is 57.4 Å². The van der Waals surface area contributed by atoms with Crippen molar-refractivity contribution < 1.29 is 9.13 Å². The van der Waals surface area contributed by atoms with E-state index in [0.29, 0.717) is 17.2 Å². The number of thiocarbonyl (C=S) groups is 1. The van der Waals surface area contributed by atoms with Gasteiger partial charge in [-0.25, -0.2) is 4.39 Å². The molecule has 0 atom stereocenters. The highest BCUT2D eigenvalue weighted by molar-refractivity contribution is 7.80. The van der Waals surface area contributed by atoms with Gasteiger partial charge in [-0.3, -0.25) is 4.79 Å². The van der Waals surface area contributed by atoms with Gasteiger partial charge in [-0.15, -0.1) is 0 Å². The summed E-state index contributed by atoms with van der Waals surface area (Å²) in [5, 5.41) is 4.70. The van der Waals surface area contributed by atoms with Crippen molar-refractivity contribution in [2.24, 2.45) is 0 Å². The minimum absolute atomic E-state index is 0.155. The number of rotatable bonds is 6. The van der Waals surface area contributed by atoms with Crippen LogP contribution >= 0.6 is 12.2 Å². The van der Waals surface area contributed by atoms with Crippen molar-refractivity contribution in [2.45, 2.75) is 26.9 Å². The van der Waals surface area contributed by atoms with E-state index in [0.717, 1.165) is 39.0 Å². The first-order chi connectivity index (χ1) is 16.3. The van der Waals surface area contributed by atoms with E-state index in [1.54, 1.807) is 19.2 Å². The zero-order valence-corrected chi connectivity index (χ0v) is 20.1. The molecule has 0 radical (unpaired) electrons. The van der Waals surface area contributed by atoms with Crippen molar-refractivity contribution in [3.05, 3.63) is 105 Å². The second-order valence-corrected chi connectivity index (χ2v) is 8.64. The van der Waals surface area contributed by atoms with Crippen molar-refractivity contribution in [1.29, 1.82) is 0 Å². The Morgan fingerprint density at radius 3 is 2.35 bits per heavy atom. The molecule has 0 aliphatic heterocycles. The largest absolute Gasteiger partial charge is 0.497 e. The normalized spacial score (nSPS) is 10.8. The number of hydrogen-bond acceptors (Lipinski definition) is 3. The first-order valence-corrected chi connectivity index (χ1v) is 11.3. The number of benzene rings is 3.